The van der Waals surface area contributed by atoms with Crippen LogP contribution in [0.2, 0.25) is 0 Å². The first kappa shape index (κ1) is 19.4. The summed E-state index contributed by atoms with van der Waals surface area (Å²) in [6, 6.07) is 36.4. The Hall–Kier alpha value is -6.18. The topological polar surface area (TPSA) is 13.1 Å². The van der Waals surface area contributed by atoms with Gasteiger partial charge >= 0.3 is 0 Å². The van der Waals surface area contributed by atoms with Crippen LogP contribution in [0.1, 0.15) is 11.0 Å². The molecule has 0 spiro atoms. The zero-order valence-corrected chi connectivity index (χ0v) is 25.0. The van der Waals surface area contributed by atoms with Crippen molar-refractivity contribution in [2.75, 3.05) is 0 Å². The van der Waals surface area contributed by atoms with Gasteiger partial charge in [-0.1, -0.05) is 151 Å². The standard InChI is InChI=1S/C46H28O/c1-3-13-34-30(10-1)12-9-19-36(34)45-39-17-7-5-15-37(39)44(38-16-6-8-18-40(38)45)32-22-20-29(21-23-32)33-24-26-41-43(28-33)47-42-27-25-31-11-2-4-14-35(31)46(41)42/h1-28H/i5D,6D,7D,8D,15D,16D,17D,18D. The molecule has 0 bridgehead atoms. The van der Waals surface area contributed by atoms with E-state index >= 15 is 0 Å². The van der Waals surface area contributed by atoms with Crippen LogP contribution in [0.25, 0.3) is 98.4 Å². The summed E-state index contributed by atoms with van der Waals surface area (Å²) in [5, 5.41) is 6.79. The van der Waals surface area contributed by atoms with Crippen molar-refractivity contribution < 1.29 is 15.4 Å². The largest absolute Gasteiger partial charge is 0.456 e. The van der Waals surface area contributed by atoms with Crippen LogP contribution in [0.5, 0.6) is 0 Å². The van der Waals surface area contributed by atoms with Gasteiger partial charge in [0.25, 0.3) is 0 Å². The highest BCUT2D eigenvalue weighted by Gasteiger charge is 2.18. The average Bonchev–Trinajstić information content (AvgIpc) is 3.61. The summed E-state index contributed by atoms with van der Waals surface area (Å²) < 4.78 is 78.5. The van der Waals surface area contributed by atoms with E-state index in [1.165, 1.54) is 0 Å². The molecular weight excluding hydrogens is 569 g/mol. The van der Waals surface area contributed by atoms with Crippen LogP contribution < -0.4 is 0 Å². The summed E-state index contributed by atoms with van der Waals surface area (Å²) in [6.45, 7) is 0. The monoisotopic (exact) mass is 604 g/mol. The molecule has 0 saturated carbocycles. The number of hydrogen-bond donors (Lipinski definition) is 0. The van der Waals surface area contributed by atoms with Crippen LogP contribution in [0.3, 0.4) is 0 Å². The van der Waals surface area contributed by atoms with Gasteiger partial charge in [0.05, 0.1) is 11.0 Å². The van der Waals surface area contributed by atoms with E-state index in [0.29, 0.717) is 22.3 Å². The van der Waals surface area contributed by atoms with E-state index < -0.39 is 24.2 Å². The molecule has 1 aromatic heterocycles. The van der Waals surface area contributed by atoms with Gasteiger partial charge in [0, 0.05) is 10.8 Å². The third-order valence-corrected chi connectivity index (χ3v) is 9.30. The van der Waals surface area contributed by atoms with E-state index in [-0.39, 0.29) is 45.7 Å². The van der Waals surface area contributed by atoms with Crippen molar-refractivity contribution in [2.24, 2.45) is 0 Å². The fourth-order valence-corrected chi connectivity index (χ4v) is 7.18. The summed E-state index contributed by atoms with van der Waals surface area (Å²) in [4.78, 5) is 0. The second-order valence-electron chi connectivity index (χ2n) is 11.8. The predicted molar refractivity (Wildman–Crippen MR) is 200 cm³/mol. The summed E-state index contributed by atoms with van der Waals surface area (Å²) in [6.07, 6.45) is 0. The third-order valence-electron chi connectivity index (χ3n) is 9.30. The van der Waals surface area contributed by atoms with E-state index in [1.54, 1.807) is 0 Å². The molecular formula is C46H28O. The van der Waals surface area contributed by atoms with Gasteiger partial charge in [-0.2, -0.15) is 0 Å². The Morgan fingerprint density at radius 3 is 1.68 bits per heavy atom. The number of furan rings is 1. The summed E-state index contributed by atoms with van der Waals surface area (Å²) in [5.74, 6) is 0. The second kappa shape index (κ2) is 10.2. The Kier molecular flexibility index (Phi) is 4.19. The van der Waals surface area contributed by atoms with E-state index in [2.05, 4.69) is 24.3 Å². The van der Waals surface area contributed by atoms with Crippen LogP contribution >= 0.6 is 0 Å². The SMILES string of the molecule is [2H]c1c([2H])c([2H])c2c(-c3cccc4ccccc34)c3c([2H])c([2H])c([2H])c([2H])c3c(-c3ccc(-c4ccc5c(c4)oc4ccc6ccccc6c45)cc3)c2c1[2H]. The van der Waals surface area contributed by atoms with Gasteiger partial charge in [0.2, 0.25) is 0 Å². The Bertz CT molecular complexity index is 3210. The van der Waals surface area contributed by atoms with Gasteiger partial charge in [-0.05, 0) is 94.7 Å². The smallest absolute Gasteiger partial charge is 0.136 e. The average molecular weight is 605 g/mol. The van der Waals surface area contributed by atoms with Crippen molar-refractivity contribution in [1.82, 2.24) is 0 Å². The normalized spacial score (nSPS) is 14.2. The minimum atomic E-state index is -0.425. The van der Waals surface area contributed by atoms with Gasteiger partial charge in [-0.25, -0.2) is 0 Å². The molecule has 47 heavy (non-hydrogen) atoms. The first-order valence-electron chi connectivity index (χ1n) is 19.5. The summed E-state index contributed by atoms with van der Waals surface area (Å²) in [7, 11) is 0. The van der Waals surface area contributed by atoms with Crippen molar-refractivity contribution in [3.8, 4) is 33.4 Å². The molecule has 0 aliphatic heterocycles. The number of fused-ring (bicyclic) bond motifs is 8. The van der Waals surface area contributed by atoms with E-state index in [4.69, 9.17) is 9.90 Å². The summed E-state index contributed by atoms with van der Waals surface area (Å²) >= 11 is 0. The van der Waals surface area contributed by atoms with Gasteiger partial charge < -0.3 is 4.42 Å². The second-order valence-corrected chi connectivity index (χ2v) is 11.8. The molecule has 0 radical (unpaired) electrons. The Balaban J connectivity index is 1.26. The van der Waals surface area contributed by atoms with Crippen LogP contribution in [0, 0.1) is 0 Å². The number of rotatable bonds is 3. The fourth-order valence-electron chi connectivity index (χ4n) is 7.18. The van der Waals surface area contributed by atoms with Crippen molar-refractivity contribution in [1.29, 1.82) is 0 Å². The maximum atomic E-state index is 9.29. The Labute approximate surface area is 283 Å². The molecule has 0 saturated heterocycles. The molecule has 0 aliphatic rings. The molecule has 1 heteroatoms. The molecule has 0 amide bonds. The van der Waals surface area contributed by atoms with Crippen LogP contribution in [0.15, 0.2) is 174 Å². The van der Waals surface area contributed by atoms with Crippen LogP contribution in [0.4, 0.5) is 0 Å². The maximum absolute atomic E-state index is 9.29. The predicted octanol–water partition coefficient (Wildman–Crippen LogP) is 13.2. The Morgan fingerprint density at radius 1 is 0.383 bits per heavy atom. The molecule has 10 aromatic rings. The molecule has 0 fully saturated rings. The molecule has 0 unspecified atom stereocenters. The van der Waals surface area contributed by atoms with Gasteiger partial charge in [-0.15, -0.1) is 0 Å². The highest BCUT2D eigenvalue weighted by Crippen LogP contribution is 2.45. The minimum absolute atomic E-state index is 0.190. The lowest BCUT2D eigenvalue weighted by Gasteiger charge is -2.19. The van der Waals surface area contributed by atoms with E-state index in [1.807, 2.05) is 97.1 Å². The molecule has 0 aliphatic carbocycles. The molecule has 1 heterocycles. The van der Waals surface area contributed by atoms with E-state index in [9.17, 15) is 5.48 Å². The van der Waals surface area contributed by atoms with Crippen LogP contribution in [-0.2, 0) is 0 Å². The zero-order valence-electron chi connectivity index (χ0n) is 33.0. The minimum Gasteiger partial charge on any atom is -0.456 e. The van der Waals surface area contributed by atoms with Gasteiger partial charge in [-0.3, -0.25) is 0 Å². The summed E-state index contributed by atoms with van der Waals surface area (Å²) in [5.41, 5.74) is 5.16. The molecule has 0 N–H and O–H groups in total. The highest BCUT2D eigenvalue weighted by molar-refractivity contribution is 6.23. The lowest BCUT2D eigenvalue weighted by molar-refractivity contribution is 0.669. The van der Waals surface area contributed by atoms with Gasteiger partial charge in [0.1, 0.15) is 11.2 Å². The lowest BCUT2D eigenvalue weighted by Crippen LogP contribution is -1.91. The molecule has 218 valence electrons. The van der Waals surface area contributed by atoms with Gasteiger partial charge in [0.15, 0.2) is 0 Å². The molecule has 10 rings (SSSR count). The number of hydrogen-bond acceptors (Lipinski definition) is 1. The third kappa shape index (κ3) is 3.97. The Morgan fingerprint density at radius 2 is 0.957 bits per heavy atom. The maximum Gasteiger partial charge on any atom is 0.136 e. The first-order chi connectivity index (χ1) is 26.6. The molecule has 9 aromatic carbocycles. The lowest BCUT2D eigenvalue weighted by atomic mass is 9.84. The quantitative estimate of drug-likeness (QED) is 0.183. The van der Waals surface area contributed by atoms with Crippen molar-refractivity contribution in [3.63, 3.8) is 0 Å². The van der Waals surface area contributed by atoms with Crippen molar-refractivity contribution in [3.05, 3.63) is 170 Å². The fraction of sp³-hybridized carbons (Fsp3) is 0. The van der Waals surface area contributed by atoms with Crippen molar-refractivity contribution >= 4 is 65.0 Å². The first-order valence-corrected chi connectivity index (χ1v) is 15.5. The highest BCUT2D eigenvalue weighted by atomic mass is 16.3. The number of benzene rings is 9. The molecule has 0 atom stereocenters. The zero-order chi connectivity index (χ0) is 37.9. The van der Waals surface area contributed by atoms with Crippen LogP contribution in [-0.4, -0.2) is 0 Å². The molecule has 1 nitrogen and oxygen atoms in total. The van der Waals surface area contributed by atoms with Crippen molar-refractivity contribution in [2.45, 2.75) is 0 Å². The van der Waals surface area contributed by atoms with E-state index in [0.717, 1.165) is 54.6 Å².